The molecular formula is C16H11N5. The molecule has 4 rings (SSSR count). The van der Waals surface area contributed by atoms with Crippen LogP contribution in [-0.2, 0) is 0 Å². The van der Waals surface area contributed by atoms with Crippen molar-refractivity contribution in [2.75, 3.05) is 0 Å². The monoisotopic (exact) mass is 273 g/mol. The van der Waals surface area contributed by atoms with E-state index in [4.69, 9.17) is 0 Å². The van der Waals surface area contributed by atoms with Gasteiger partial charge < -0.3 is 0 Å². The van der Waals surface area contributed by atoms with E-state index in [1.807, 2.05) is 47.0 Å². The van der Waals surface area contributed by atoms with Gasteiger partial charge in [-0.1, -0.05) is 18.2 Å². The third-order valence-electron chi connectivity index (χ3n) is 3.24. The molecule has 0 fully saturated rings. The molecule has 4 aromatic rings. The Kier molecular flexibility index (Phi) is 2.67. The summed E-state index contributed by atoms with van der Waals surface area (Å²) in [5, 5.41) is 0. The van der Waals surface area contributed by atoms with Gasteiger partial charge in [-0.3, -0.25) is 9.55 Å². The van der Waals surface area contributed by atoms with Crippen LogP contribution in [-0.4, -0.2) is 24.5 Å². The molecule has 100 valence electrons. The lowest BCUT2D eigenvalue weighted by atomic mass is 10.2. The van der Waals surface area contributed by atoms with E-state index in [9.17, 15) is 0 Å². The van der Waals surface area contributed by atoms with Gasteiger partial charge in [-0.25, -0.2) is 15.0 Å². The van der Waals surface area contributed by atoms with Crippen molar-refractivity contribution in [2.45, 2.75) is 0 Å². The zero-order valence-electron chi connectivity index (χ0n) is 11.1. The Balaban J connectivity index is 1.91. The van der Waals surface area contributed by atoms with Crippen molar-refractivity contribution >= 4 is 11.2 Å². The third kappa shape index (κ3) is 2.04. The van der Waals surface area contributed by atoms with E-state index in [-0.39, 0.29) is 0 Å². The van der Waals surface area contributed by atoms with E-state index in [1.54, 1.807) is 24.9 Å². The maximum atomic E-state index is 4.63. The van der Waals surface area contributed by atoms with Crippen LogP contribution in [0.25, 0.3) is 28.2 Å². The molecule has 5 nitrogen and oxygen atoms in total. The summed E-state index contributed by atoms with van der Waals surface area (Å²) in [6.45, 7) is 0. The number of fused-ring (bicyclic) bond motifs is 1. The summed E-state index contributed by atoms with van der Waals surface area (Å²) in [5.41, 5.74) is 3.47. The first-order chi connectivity index (χ1) is 10.4. The minimum absolute atomic E-state index is 0.647. The number of imidazole rings is 1. The normalized spacial score (nSPS) is 10.9. The van der Waals surface area contributed by atoms with Crippen molar-refractivity contribution in [1.29, 1.82) is 0 Å². The van der Waals surface area contributed by atoms with Crippen molar-refractivity contribution in [3.8, 4) is 17.1 Å². The predicted octanol–water partition coefficient (Wildman–Crippen LogP) is 2.88. The topological polar surface area (TPSA) is 56.5 Å². The highest BCUT2D eigenvalue weighted by Crippen LogP contribution is 2.19. The van der Waals surface area contributed by atoms with E-state index >= 15 is 0 Å². The van der Waals surface area contributed by atoms with E-state index in [2.05, 4.69) is 19.9 Å². The van der Waals surface area contributed by atoms with E-state index in [0.717, 1.165) is 22.4 Å². The molecule has 21 heavy (non-hydrogen) atoms. The fraction of sp³-hybridized carbons (Fsp3) is 0. The highest BCUT2D eigenvalue weighted by Gasteiger charge is 2.09. The number of pyridine rings is 1. The van der Waals surface area contributed by atoms with Crippen LogP contribution in [0.15, 0.2) is 67.4 Å². The first-order valence-corrected chi connectivity index (χ1v) is 6.58. The smallest absolute Gasteiger partial charge is 0.168 e. The molecule has 0 radical (unpaired) electrons. The lowest BCUT2D eigenvalue weighted by molar-refractivity contribution is 1.06. The predicted molar refractivity (Wildman–Crippen MR) is 79.9 cm³/mol. The Bertz CT molecular complexity index is 884. The highest BCUT2D eigenvalue weighted by molar-refractivity contribution is 5.74. The number of hydrogen-bond donors (Lipinski definition) is 0. The molecule has 5 heteroatoms. The number of para-hydroxylation sites is 1. The molecule has 0 spiro atoms. The molecule has 0 bridgehead atoms. The average Bonchev–Trinajstić information content (AvgIpc) is 2.99. The van der Waals surface area contributed by atoms with Crippen LogP contribution < -0.4 is 0 Å². The molecule has 0 aliphatic carbocycles. The fourth-order valence-electron chi connectivity index (χ4n) is 2.22. The number of aromatic nitrogens is 5. The van der Waals surface area contributed by atoms with Gasteiger partial charge in [-0.05, 0) is 24.3 Å². The first-order valence-electron chi connectivity index (χ1n) is 6.58. The second-order valence-corrected chi connectivity index (χ2v) is 4.59. The van der Waals surface area contributed by atoms with Crippen LogP contribution in [0.3, 0.4) is 0 Å². The molecule has 3 aromatic heterocycles. The van der Waals surface area contributed by atoms with Crippen LogP contribution in [0, 0.1) is 0 Å². The summed E-state index contributed by atoms with van der Waals surface area (Å²) in [7, 11) is 0. The molecule has 0 saturated heterocycles. The van der Waals surface area contributed by atoms with Crippen LogP contribution in [0.4, 0.5) is 0 Å². The standard InChI is InChI=1S/C16H11N5/c1-2-6-13(7-3-1)21-11-19-14-10-18-15(20-16(14)21)12-5-4-8-17-9-12/h1-11H. The summed E-state index contributed by atoms with van der Waals surface area (Å²) in [5.74, 6) is 0.647. The Morgan fingerprint density at radius 1 is 0.857 bits per heavy atom. The van der Waals surface area contributed by atoms with Crippen molar-refractivity contribution < 1.29 is 0 Å². The van der Waals surface area contributed by atoms with Crippen molar-refractivity contribution in [3.05, 3.63) is 67.4 Å². The molecular weight excluding hydrogens is 262 g/mol. The molecule has 0 saturated carbocycles. The number of nitrogens with zero attached hydrogens (tertiary/aromatic N) is 5. The van der Waals surface area contributed by atoms with Gasteiger partial charge in [0.1, 0.15) is 11.8 Å². The average molecular weight is 273 g/mol. The van der Waals surface area contributed by atoms with Gasteiger partial charge in [0.25, 0.3) is 0 Å². The maximum Gasteiger partial charge on any atom is 0.168 e. The largest absolute Gasteiger partial charge is 0.283 e. The molecule has 0 atom stereocenters. The number of rotatable bonds is 2. The summed E-state index contributed by atoms with van der Waals surface area (Å²) >= 11 is 0. The minimum Gasteiger partial charge on any atom is -0.283 e. The van der Waals surface area contributed by atoms with E-state index in [0.29, 0.717) is 5.82 Å². The van der Waals surface area contributed by atoms with Crippen molar-refractivity contribution in [3.63, 3.8) is 0 Å². The van der Waals surface area contributed by atoms with Gasteiger partial charge in [-0.15, -0.1) is 0 Å². The van der Waals surface area contributed by atoms with Crippen molar-refractivity contribution in [2.24, 2.45) is 0 Å². The lowest BCUT2D eigenvalue weighted by Gasteiger charge is -2.04. The molecule has 0 aliphatic rings. The van der Waals surface area contributed by atoms with Gasteiger partial charge in [0, 0.05) is 23.6 Å². The number of hydrogen-bond acceptors (Lipinski definition) is 4. The summed E-state index contributed by atoms with van der Waals surface area (Å²) in [4.78, 5) is 17.4. The van der Waals surface area contributed by atoms with Crippen LogP contribution in [0.5, 0.6) is 0 Å². The Hall–Kier alpha value is -3.08. The van der Waals surface area contributed by atoms with E-state index < -0.39 is 0 Å². The Labute approximate surface area is 121 Å². The zero-order valence-corrected chi connectivity index (χ0v) is 11.1. The first kappa shape index (κ1) is 11.7. The lowest BCUT2D eigenvalue weighted by Crippen LogP contribution is -1.96. The van der Waals surface area contributed by atoms with Gasteiger partial charge >= 0.3 is 0 Å². The third-order valence-corrected chi connectivity index (χ3v) is 3.24. The molecule has 0 aliphatic heterocycles. The summed E-state index contributed by atoms with van der Waals surface area (Å²) in [6.07, 6.45) is 6.99. The summed E-state index contributed by atoms with van der Waals surface area (Å²) < 4.78 is 1.96. The molecule has 0 amide bonds. The SMILES string of the molecule is c1ccc(-n2cnc3cnc(-c4cccnc4)nc32)cc1. The Morgan fingerprint density at radius 3 is 2.57 bits per heavy atom. The van der Waals surface area contributed by atoms with Crippen LogP contribution in [0.2, 0.25) is 0 Å². The Morgan fingerprint density at radius 2 is 1.76 bits per heavy atom. The summed E-state index contributed by atoms with van der Waals surface area (Å²) in [6, 6.07) is 13.8. The molecule has 3 heterocycles. The second kappa shape index (κ2) is 4.79. The van der Waals surface area contributed by atoms with Gasteiger partial charge in [0.2, 0.25) is 0 Å². The van der Waals surface area contributed by atoms with Gasteiger partial charge in [0.05, 0.1) is 6.20 Å². The van der Waals surface area contributed by atoms with Crippen molar-refractivity contribution in [1.82, 2.24) is 24.5 Å². The maximum absolute atomic E-state index is 4.63. The quantitative estimate of drug-likeness (QED) is 0.563. The highest BCUT2D eigenvalue weighted by atomic mass is 15.1. The zero-order chi connectivity index (χ0) is 14.1. The number of benzene rings is 1. The molecule has 0 N–H and O–H groups in total. The van der Waals surface area contributed by atoms with Gasteiger partial charge in [-0.2, -0.15) is 0 Å². The van der Waals surface area contributed by atoms with Gasteiger partial charge in [0.15, 0.2) is 11.5 Å². The van der Waals surface area contributed by atoms with Crippen LogP contribution >= 0.6 is 0 Å². The minimum atomic E-state index is 0.647. The van der Waals surface area contributed by atoms with Crippen LogP contribution in [0.1, 0.15) is 0 Å². The molecule has 1 aromatic carbocycles. The van der Waals surface area contributed by atoms with E-state index in [1.165, 1.54) is 0 Å². The molecule has 0 unspecified atom stereocenters. The second-order valence-electron chi connectivity index (χ2n) is 4.59. The fourth-order valence-corrected chi connectivity index (χ4v) is 2.22.